The van der Waals surface area contributed by atoms with Crippen molar-refractivity contribution in [3.05, 3.63) is 46.5 Å². The van der Waals surface area contributed by atoms with Gasteiger partial charge >= 0.3 is 0 Å². The van der Waals surface area contributed by atoms with Crippen LogP contribution >= 0.6 is 11.3 Å². The molecule has 3 aliphatic rings. The quantitative estimate of drug-likeness (QED) is 0.750. The SMILES string of the molecule is O=C(CN1CCCCC1C1OCCO1)N1N=C(c2cccs2)CC1c1ccco1. The maximum Gasteiger partial charge on any atom is 0.257 e. The first kappa shape index (κ1) is 19.0. The summed E-state index contributed by atoms with van der Waals surface area (Å²) in [5.74, 6) is 0.758. The van der Waals surface area contributed by atoms with Crippen molar-refractivity contribution in [3.8, 4) is 0 Å². The molecule has 154 valence electrons. The summed E-state index contributed by atoms with van der Waals surface area (Å²) in [6.45, 7) is 2.45. The summed E-state index contributed by atoms with van der Waals surface area (Å²) in [6, 6.07) is 7.76. The largest absolute Gasteiger partial charge is 0.467 e. The van der Waals surface area contributed by atoms with Gasteiger partial charge in [-0.2, -0.15) is 5.10 Å². The zero-order valence-electron chi connectivity index (χ0n) is 16.2. The van der Waals surface area contributed by atoms with Gasteiger partial charge in [0.2, 0.25) is 0 Å². The first-order chi connectivity index (χ1) is 14.3. The molecule has 0 spiro atoms. The van der Waals surface area contributed by atoms with Gasteiger partial charge in [0.15, 0.2) is 6.29 Å². The molecule has 2 unspecified atom stereocenters. The maximum absolute atomic E-state index is 13.4. The Hall–Kier alpha value is -2.00. The summed E-state index contributed by atoms with van der Waals surface area (Å²) in [5.41, 5.74) is 0.937. The van der Waals surface area contributed by atoms with Crippen molar-refractivity contribution in [2.75, 3.05) is 26.3 Å². The van der Waals surface area contributed by atoms with Gasteiger partial charge in [-0.3, -0.25) is 9.69 Å². The summed E-state index contributed by atoms with van der Waals surface area (Å²) < 4.78 is 17.1. The van der Waals surface area contributed by atoms with Gasteiger partial charge in [-0.1, -0.05) is 12.5 Å². The molecule has 2 saturated heterocycles. The molecule has 5 rings (SSSR count). The molecular weight excluding hydrogens is 390 g/mol. The lowest BCUT2D eigenvalue weighted by molar-refractivity contribution is -0.141. The average Bonchev–Trinajstić information content (AvgIpc) is 3.55. The van der Waals surface area contributed by atoms with Gasteiger partial charge in [-0.15, -0.1) is 11.3 Å². The Bertz CT molecular complexity index is 845. The van der Waals surface area contributed by atoms with E-state index in [2.05, 4.69) is 4.90 Å². The van der Waals surface area contributed by atoms with E-state index in [0.29, 0.717) is 26.2 Å². The second-order valence-corrected chi connectivity index (χ2v) is 8.59. The third kappa shape index (κ3) is 3.90. The fraction of sp³-hybridized carbons (Fsp3) is 0.524. The number of amides is 1. The van der Waals surface area contributed by atoms with Crippen LogP contribution in [-0.2, 0) is 14.3 Å². The summed E-state index contributed by atoms with van der Waals surface area (Å²) in [5, 5.41) is 8.37. The molecule has 3 aliphatic heterocycles. The van der Waals surface area contributed by atoms with Crippen molar-refractivity contribution in [2.24, 2.45) is 5.10 Å². The van der Waals surface area contributed by atoms with Crippen LogP contribution in [0.25, 0.3) is 0 Å². The zero-order chi connectivity index (χ0) is 19.6. The van der Waals surface area contributed by atoms with Crippen LogP contribution in [0.3, 0.4) is 0 Å². The van der Waals surface area contributed by atoms with Gasteiger partial charge in [0.1, 0.15) is 11.8 Å². The van der Waals surface area contributed by atoms with E-state index in [0.717, 1.165) is 42.2 Å². The normalized spacial score (nSPS) is 26.2. The highest BCUT2D eigenvalue weighted by Crippen LogP contribution is 2.34. The highest BCUT2D eigenvalue weighted by Gasteiger charge is 2.39. The second-order valence-electron chi connectivity index (χ2n) is 7.64. The minimum absolute atomic E-state index is 0.0112. The van der Waals surface area contributed by atoms with Crippen LogP contribution in [0.15, 0.2) is 45.4 Å². The Morgan fingerprint density at radius 3 is 2.86 bits per heavy atom. The molecule has 0 aromatic carbocycles. The molecule has 2 aromatic heterocycles. The lowest BCUT2D eigenvalue weighted by Gasteiger charge is -2.38. The van der Waals surface area contributed by atoms with Gasteiger partial charge in [0, 0.05) is 6.42 Å². The van der Waals surface area contributed by atoms with Gasteiger partial charge in [0.25, 0.3) is 5.91 Å². The lowest BCUT2D eigenvalue weighted by atomic mass is 10.0. The number of ether oxygens (including phenoxy) is 2. The van der Waals surface area contributed by atoms with Crippen LogP contribution < -0.4 is 0 Å². The number of carbonyl (C=O) groups is 1. The second kappa shape index (κ2) is 8.39. The van der Waals surface area contributed by atoms with Crippen LogP contribution in [0.4, 0.5) is 0 Å². The van der Waals surface area contributed by atoms with Crippen molar-refractivity contribution in [1.29, 1.82) is 0 Å². The van der Waals surface area contributed by atoms with Crippen LogP contribution in [-0.4, -0.2) is 60.2 Å². The van der Waals surface area contributed by atoms with Crippen LogP contribution in [0.1, 0.15) is 42.4 Å². The van der Waals surface area contributed by atoms with E-state index >= 15 is 0 Å². The molecule has 0 saturated carbocycles. The molecular formula is C21H25N3O4S. The van der Waals surface area contributed by atoms with Gasteiger partial charge < -0.3 is 13.9 Å². The average molecular weight is 416 g/mol. The molecule has 0 bridgehead atoms. The van der Waals surface area contributed by atoms with E-state index in [1.165, 1.54) is 0 Å². The predicted octanol–water partition coefficient (Wildman–Crippen LogP) is 3.25. The van der Waals surface area contributed by atoms with E-state index < -0.39 is 0 Å². The standard InChI is InChI=1S/C21H25N3O4S/c25-20(14-23-8-2-1-5-16(23)21-27-10-11-28-21)24-17(18-6-3-9-26-18)13-15(22-24)19-7-4-12-29-19/h3-4,6-7,9,12,16-17,21H,1-2,5,8,10-11,13-14H2. The summed E-state index contributed by atoms with van der Waals surface area (Å²) in [7, 11) is 0. The molecule has 2 fully saturated rings. The fourth-order valence-corrected chi connectivity index (χ4v) is 5.12. The maximum atomic E-state index is 13.4. The monoisotopic (exact) mass is 415 g/mol. The highest BCUT2D eigenvalue weighted by atomic mass is 32.1. The molecule has 8 heteroatoms. The number of hydrogen-bond donors (Lipinski definition) is 0. The number of likely N-dealkylation sites (tertiary alicyclic amines) is 1. The molecule has 29 heavy (non-hydrogen) atoms. The van der Waals surface area contributed by atoms with Gasteiger partial charge in [0.05, 0.1) is 42.7 Å². The van der Waals surface area contributed by atoms with Crippen molar-refractivity contribution >= 4 is 23.0 Å². The Morgan fingerprint density at radius 1 is 1.21 bits per heavy atom. The Kier molecular flexibility index (Phi) is 5.50. The summed E-state index contributed by atoms with van der Waals surface area (Å²) >= 11 is 1.64. The summed E-state index contributed by atoms with van der Waals surface area (Å²) in [4.78, 5) is 16.7. The number of rotatable bonds is 5. The molecule has 7 nitrogen and oxygen atoms in total. The van der Waals surface area contributed by atoms with Crippen LogP contribution in [0.5, 0.6) is 0 Å². The van der Waals surface area contributed by atoms with E-state index in [1.54, 1.807) is 22.6 Å². The van der Waals surface area contributed by atoms with Gasteiger partial charge in [-0.05, 0) is 43.0 Å². The smallest absolute Gasteiger partial charge is 0.257 e. The Balaban J connectivity index is 1.35. The number of carbonyl (C=O) groups excluding carboxylic acids is 1. The number of thiophene rings is 1. The number of piperidine rings is 1. The minimum Gasteiger partial charge on any atom is -0.467 e. The molecule has 2 aromatic rings. The third-order valence-corrected chi connectivity index (χ3v) is 6.73. The highest BCUT2D eigenvalue weighted by molar-refractivity contribution is 7.12. The number of nitrogens with zero attached hydrogens (tertiary/aromatic N) is 3. The van der Waals surface area contributed by atoms with E-state index in [9.17, 15) is 4.79 Å². The molecule has 1 amide bonds. The van der Waals surface area contributed by atoms with Crippen molar-refractivity contribution in [1.82, 2.24) is 9.91 Å². The van der Waals surface area contributed by atoms with Crippen molar-refractivity contribution < 1.29 is 18.7 Å². The minimum atomic E-state index is -0.229. The number of furan rings is 1. The van der Waals surface area contributed by atoms with E-state index in [1.807, 2.05) is 29.6 Å². The predicted molar refractivity (Wildman–Crippen MR) is 109 cm³/mol. The van der Waals surface area contributed by atoms with Crippen molar-refractivity contribution in [3.63, 3.8) is 0 Å². The third-order valence-electron chi connectivity index (χ3n) is 5.81. The Morgan fingerprint density at radius 2 is 2.10 bits per heavy atom. The van der Waals surface area contributed by atoms with E-state index in [4.69, 9.17) is 19.0 Å². The Labute approximate surface area is 173 Å². The first-order valence-corrected chi connectivity index (χ1v) is 11.1. The number of hydrazone groups is 1. The molecule has 2 atom stereocenters. The molecule has 0 aliphatic carbocycles. The molecule has 0 radical (unpaired) electrons. The first-order valence-electron chi connectivity index (χ1n) is 10.2. The molecule has 0 N–H and O–H groups in total. The van der Waals surface area contributed by atoms with Crippen LogP contribution in [0.2, 0.25) is 0 Å². The van der Waals surface area contributed by atoms with E-state index in [-0.39, 0.29) is 24.3 Å². The lowest BCUT2D eigenvalue weighted by Crippen LogP contribution is -2.51. The van der Waals surface area contributed by atoms with Gasteiger partial charge in [-0.25, -0.2) is 5.01 Å². The van der Waals surface area contributed by atoms with Crippen molar-refractivity contribution in [2.45, 2.75) is 44.1 Å². The fourth-order valence-electron chi connectivity index (χ4n) is 4.40. The number of hydrogen-bond acceptors (Lipinski definition) is 7. The summed E-state index contributed by atoms with van der Waals surface area (Å²) in [6.07, 6.45) is 5.30. The van der Waals surface area contributed by atoms with Crippen LogP contribution in [0, 0.1) is 0 Å². The molecule has 5 heterocycles. The zero-order valence-corrected chi connectivity index (χ0v) is 17.1. The topological polar surface area (TPSA) is 67.5 Å².